The van der Waals surface area contributed by atoms with Crippen molar-refractivity contribution in [1.82, 2.24) is 9.97 Å². The van der Waals surface area contributed by atoms with E-state index in [2.05, 4.69) is 67.7 Å². The molecule has 3 heteroatoms. The van der Waals surface area contributed by atoms with E-state index in [0.29, 0.717) is 5.92 Å². The maximum atomic E-state index is 5.01. The highest BCUT2D eigenvalue weighted by molar-refractivity contribution is 5.79. The van der Waals surface area contributed by atoms with E-state index >= 15 is 0 Å². The van der Waals surface area contributed by atoms with Gasteiger partial charge in [0.05, 0.1) is 17.1 Å². The van der Waals surface area contributed by atoms with Gasteiger partial charge in [0.2, 0.25) is 0 Å². The van der Waals surface area contributed by atoms with Crippen LogP contribution in [0.5, 0.6) is 0 Å². The van der Waals surface area contributed by atoms with Gasteiger partial charge >= 0.3 is 0 Å². The maximum absolute atomic E-state index is 5.01. The molecule has 120 valence electrons. The number of benzene rings is 2. The lowest BCUT2D eigenvalue weighted by atomic mass is 9.99. The second-order valence-electron chi connectivity index (χ2n) is 6.64. The number of rotatable bonds is 2. The number of hydrogen-bond acceptors (Lipinski definition) is 3. The number of nitrogens with one attached hydrogen (secondary N) is 1. The molecule has 1 unspecified atom stereocenters. The van der Waals surface area contributed by atoms with Crippen LogP contribution in [0.4, 0.5) is 5.82 Å². The van der Waals surface area contributed by atoms with E-state index in [1.54, 1.807) is 0 Å². The third kappa shape index (κ3) is 2.78. The average Bonchev–Trinajstić information content (AvgIpc) is 2.62. The number of hydrogen-bond donors (Lipinski definition) is 1. The van der Waals surface area contributed by atoms with Crippen molar-refractivity contribution in [2.45, 2.75) is 20.3 Å². The van der Waals surface area contributed by atoms with Gasteiger partial charge in [-0.3, -0.25) is 0 Å². The highest BCUT2D eigenvalue weighted by atomic mass is 15.0. The van der Waals surface area contributed by atoms with Crippen LogP contribution in [0.2, 0.25) is 0 Å². The highest BCUT2D eigenvalue weighted by Gasteiger charge is 2.21. The predicted molar refractivity (Wildman–Crippen MR) is 99.0 cm³/mol. The van der Waals surface area contributed by atoms with Crippen LogP contribution in [0.1, 0.15) is 18.2 Å². The summed E-state index contributed by atoms with van der Waals surface area (Å²) in [7, 11) is 0. The Labute approximate surface area is 142 Å². The van der Waals surface area contributed by atoms with Crippen molar-refractivity contribution in [3.63, 3.8) is 0 Å². The Morgan fingerprint density at radius 3 is 2.29 bits per heavy atom. The molecule has 24 heavy (non-hydrogen) atoms. The Balaban J connectivity index is 1.92. The van der Waals surface area contributed by atoms with E-state index in [1.165, 1.54) is 5.56 Å². The van der Waals surface area contributed by atoms with Crippen molar-refractivity contribution in [2.75, 3.05) is 11.9 Å². The summed E-state index contributed by atoms with van der Waals surface area (Å²) in [6.45, 7) is 5.30. The molecule has 0 bridgehead atoms. The van der Waals surface area contributed by atoms with Gasteiger partial charge in [-0.1, -0.05) is 67.1 Å². The second-order valence-corrected chi connectivity index (χ2v) is 6.64. The first-order valence-corrected chi connectivity index (χ1v) is 8.48. The largest absolute Gasteiger partial charge is 0.368 e. The van der Waals surface area contributed by atoms with E-state index < -0.39 is 0 Å². The topological polar surface area (TPSA) is 37.8 Å². The molecule has 0 amide bonds. The molecule has 0 saturated heterocycles. The molecule has 2 aromatic carbocycles. The molecule has 1 atom stereocenters. The van der Waals surface area contributed by atoms with Crippen LogP contribution in [-0.2, 0) is 6.42 Å². The predicted octanol–water partition coefficient (Wildman–Crippen LogP) is 4.72. The molecule has 1 N–H and O–H groups in total. The summed E-state index contributed by atoms with van der Waals surface area (Å²) in [5.41, 5.74) is 6.45. The molecule has 4 rings (SSSR count). The first kappa shape index (κ1) is 14.9. The quantitative estimate of drug-likeness (QED) is 0.743. The monoisotopic (exact) mass is 315 g/mol. The highest BCUT2D eigenvalue weighted by Crippen LogP contribution is 2.33. The molecule has 3 aromatic rings. The number of fused-ring (bicyclic) bond motifs is 1. The van der Waals surface area contributed by atoms with Crippen LogP contribution in [0.15, 0.2) is 54.6 Å². The summed E-state index contributed by atoms with van der Waals surface area (Å²) in [6, 6.07) is 18.9. The summed E-state index contributed by atoms with van der Waals surface area (Å²) in [5.74, 6) is 1.52. The molecular formula is C21H21N3. The number of aromatic nitrogens is 2. The Hall–Kier alpha value is -2.68. The molecule has 0 fully saturated rings. The van der Waals surface area contributed by atoms with E-state index in [-0.39, 0.29) is 0 Å². The summed E-state index contributed by atoms with van der Waals surface area (Å²) in [5, 5.41) is 3.44. The van der Waals surface area contributed by atoms with Gasteiger partial charge in [-0.25, -0.2) is 9.97 Å². The molecular weight excluding hydrogens is 294 g/mol. The Morgan fingerprint density at radius 2 is 1.54 bits per heavy atom. The van der Waals surface area contributed by atoms with E-state index in [9.17, 15) is 0 Å². The summed E-state index contributed by atoms with van der Waals surface area (Å²) in [4.78, 5) is 9.96. The zero-order valence-corrected chi connectivity index (χ0v) is 14.1. The normalized spacial score (nSPS) is 16.3. The Kier molecular flexibility index (Phi) is 3.77. The van der Waals surface area contributed by atoms with E-state index in [4.69, 9.17) is 9.97 Å². The molecule has 0 saturated carbocycles. The summed E-state index contributed by atoms with van der Waals surface area (Å²) in [6.07, 6.45) is 0.976. The third-order valence-electron chi connectivity index (χ3n) is 4.50. The molecule has 3 nitrogen and oxygen atoms in total. The van der Waals surface area contributed by atoms with Gasteiger partial charge < -0.3 is 5.32 Å². The van der Waals surface area contributed by atoms with Crippen molar-refractivity contribution in [1.29, 1.82) is 0 Å². The Bertz CT molecular complexity index is 854. The van der Waals surface area contributed by atoms with Gasteiger partial charge in [-0.2, -0.15) is 0 Å². The van der Waals surface area contributed by atoms with E-state index in [0.717, 1.165) is 47.0 Å². The number of aryl methyl sites for hydroxylation is 1. The SMILES string of the molecule is Cc1ccc(-c2nc3c(nc2-c2ccccc2)CC(C)CN3)cc1. The second kappa shape index (κ2) is 6.08. The van der Waals surface area contributed by atoms with Crippen LogP contribution in [0.25, 0.3) is 22.5 Å². The number of nitrogens with zero attached hydrogens (tertiary/aromatic N) is 2. The maximum Gasteiger partial charge on any atom is 0.148 e. The van der Waals surface area contributed by atoms with E-state index in [1.807, 2.05) is 6.07 Å². The van der Waals surface area contributed by atoms with Crippen LogP contribution >= 0.6 is 0 Å². The molecule has 0 radical (unpaired) electrons. The van der Waals surface area contributed by atoms with Crippen LogP contribution < -0.4 is 5.32 Å². The van der Waals surface area contributed by atoms with Gasteiger partial charge in [0.15, 0.2) is 0 Å². The summed E-state index contributed by atoms with van der Waals surface area (Å²) >= 11 is 0. The minimum absolute atomic E-state index is 0.584. The molecule has 2 heterocycles. The zero-order chi connectivity index (χ0) is 16.5. The minimum Gasteiger partial charge on any atom is -0.368 e. The van der Waals surface area contributed by atoms with Crippen LogP contribution in [-0.4, -0.2) is 16.5 Å². The standard InChI is InChI=1S/C21H21N3/c1-14-8-10-17(11-9-14)20-19(16-6-4-3-5-7-16)23-18-12-15(2)13-22-21(18)24-20/h3-11,15H,12-13H2,1-2H3,(H,22,24). The zero-order valence-electron chi connectivity index (χ0n) is 14.1. The van der Waals surface area contributed by atoms with Crippen molar-refractivity contribution in [2.24, 2.45) is 5.92 Å². The molecule has 0 spiro atoms. The third-order valence-corrected chi connectivity index (χ3v) is 4.50. The first-order chi connectivity index (χ1) is 11.7. The van der Waals surface area contributed by atoms with Crippen molar-refractivity contribution in [3.05, 3.63) is 65.9 Å². The molecule has 0 aliphatic carbocycles. The lowest BCUT2D eigenvalue weighted by molar-refractivity contribution is 0.580. The molecule has 1 aromatic heterocycles. The van der Waals surface area contributed by atoms with Gasteiger partial charge in [0, 0.05) is 17.7 Å². The van der Waals surface area contributed by atoms with Gasteiger partial charge in [0.1, 0.15) is 5.82 Å². The molecule has 1 aliphatic heterocycles. The fourth-order valence-electron chi connectivity index (χ4n) is 3.14. The first-order valence-electron chi connectivity index (χ1n) is 8.48. The Morgan fingerprint density at radius 1 is 0.875 bits per heavy atom. The van der Waals surface area contributed by atoms with Crippen LogP contribution in [0, 0.1) is 12.8 Å². The number of anilines is 1. The molecule has 1 aliphatic rings. The van der Waals surface area contributed by atoms with Crippen molar-refractivity contribution < 1.29 is 0 Å². The van der Waals surface area contributed by atoms with Gasteiger partial charge in [-0.05, 0) is 19.3 Å². The van der Waals surface area contributed by atoms with Crippen molar-refractivity contribution >= 4 is 5.82 Å². The van der Waals surface area contributed by atoms with Crippen LogP contribution in [0.3, 0.4) is 0 Å². The summed E-state index contributed by atoms with van der Waals surface area (Å²) < 4.78 is 0. The fourth-order valence-corrected chi connectivity index (χ4v) is 3.14. The van der Waals surface area contributed by atoms with Crippen molar-refractivity contribution in [3.8, 4) is 22.5 Å². The average molecular weight is 315 g/mol. The van der Waals surface area contributed by atoms with Gasteiger partial charge in [-0.15, -0.1) is 0 Å². The van der Waals surface area contributed by atoms with Gasteiger partial charge in [0.25, 0.3) is 0 Å². The lowest BCUT2D eigenvalue weighted by Gasteiger charge is -2.23. The lowest BCUT2D eigenvalue weighted by Crippen LogP contribution is -2.23. The minimum atomic E-state index is 0.584. The fraction of sp³-hybridized carbons (Fsp3) is 0.238. The smallest absolute Gasteiger partial charge is 0.148 e.